The number of nitrogens with one attached hydrogen (secondary N) is 1. The first-order chi connectivity index (χ1) is 10.2. The van der Waals surface area contributed by atoms with Crippen LogP contribution < -0.4 is 10.1 Å². The van der Waals surface area contributed by atoms with Gasteiger partial charge in [0.25, 0.3) is 0 Å². The van der Waals surface area contributed by atoms with Crippen molar-refractivity contribution < 1.29 is 9.26 Å². The molecular formula is C16H23N3O2. The van der Waals surface area contributed by atoms with E-state index in [9.17, 15) is 0 Å². The monoisotopic (exact) mass is 289 g/mol. The molecule has 0 bridgehead atoms. The number of likely N-dealkylation sites (N-methyl/N-ethyl adjacent to an activating group) is 1. The third-order valence-electron chi connectivity index (χ3n) is 3.48. The highest BCUT2D eigenvalue weighted by molar-refractivity contribution is 5.63. The molecule has 1 heterocycles. The second-order valence-corrected chi connectivity index (χ2v) is 5.32. The van der Waals surface area contributed by atoms with E-state index in [4.69, 9.17) is 9.26 Å². The molecule has 2 rings (SSSR count). The van der Waals surface area contributed by atoms with E-state index >= 15 is 0 Å². The molecule has 5 nitrogen and oxygen atoms in total. The molecule has 21 heavy (non-hydrogen) atoms. The first kappa shape index (κ1) is 15.5. The molecule has 2 aromatic rings. The number of rotatable bonds is 7. The second kappa shape index (κ2) is 7.22. The maximum absolute atomic E-state index is 5.39. The van der Waals surface area contributed by atoms with Gasteiger partial charge in [0, 0.05) is 12.5 Å². The number of benzene rings is 1. The highest BCUT2D eigenvalue weighted by Crippen LogP contribution is 2.27. The summed E-state index contributed by atoms with van der Waals surface area (Å²) in [5, 5.41) is 7.52. The van der Waals surface area contributed by atoms with Crippen molar-refractivity contribution in [1.82, 2.24) is 15.5 Å². The normalized spacial score (nSPS) is 12.6. The lowest BCUT2D eigenvalue weighted by atomic mass is 10.0. The molecular weight excluding hydrogens is 266 g/mol. The first-order valence-electron chi connectivity index (χ1n) is 7.35. The fourth-order valence-electron chi connectivity index (χ4n) is 2.27. The zero-order valence-electron chi connectivity index (χ0n) is 13.1. The summed E-state index contributed by atoms with van der Waals surface area (Å²) in [7, 11) is 1.64. The minimum Gasteiger partial charge on any atom is -0.496 e. The van der Waals surface area contributed by atoms with Gasteiger partial charge < -0.3 is 14.6 Å². The Bertz CT molecular complexity index is 566. The van der Waals surface area contributed by atoms with Gasteiger partial charge in [0.1, 0.15) is 5.75 Å². The highest BCUT2D eigenvalue weighted by Gasteiger charge is 2.18. The maximum Gasteiger partial charge on any atom is 0.228 e. The Morgan fingerprint density at radius 3 is 2.71 bits per heavy atom. The first-order valence-corrected chi connectivity index (χ1v) is 7.35. The minimum absolute atomic E-state index is 0.334. The zero-order valence-corrected chi connectivity index (χ0v) is 13.1. The molecule has 0 saturated carbocycles. The van der Waals surface area contributed by atoms with Gasteiger partial charge in [-0.25, -0.2) is 0 Å². The molecule has 0 spiro atoms. The molecule has 0 aliphatic carbocycles. The van der Waals surface area contributed by atoms with Crippen molar-refractivity contribution in [2.75, 3.05) is 13.7 Å². The van der Waals surface area contributed by atoms with Crippen LogP contribution in [0.2, 0.25) is 0 Å². The van der Waals surface area contributed by atoms with Gasteiger partial charge in [-0.3, -0.25) is 0 Å². The Kier molecular flexibility index (Phi) is 5.33. The van der Waals surface area contributed by atoms with Crippen molar-refractivity contribution in [1.29, 1.82) is 0 Å². The summed E-state index contributed by atoms with van der Waals surface area (Å²) in [6.45, 7) is 7.40. The number of hydrogen-bond acceptors (Lipinski definition) is 5. The number of hydrogen-bond donors (Lipinski definition) is 1. The predicted octanol–water partition coefficient (Wildman–Crippen LogP) is 2.92. The maximum atomic E-state index is 5.39. The van der Waals surface area contributed by atoms with Gasteiger partial charge in [0.05, 0.1) is 12.7 Å². The van der Waals surface area contributed by atoms with E-state index in [2.05, 4.69) is 36.2 Å². The summed E-state index contributed by atoms with van der Waals surface area (Å²) >= 11 is 0. The summed E-state index contributed by atoms with van der Waals surface area (Å²) in [5.41, 5.74) is 0.847. The van der Waals surface area contributed by atoms with Crippen LogP contribution in [0.3, 0.4) is 0 Å². The Labute approximate surface area is 125 Å². The quantitative estimate of drug-likeness (QED) is 0.849. The minimum atomic E-state index is 0.334. The summed E-state index contributed by atoms with van der Waals surface area (Å²) < 4.78 is 10.7. The summed E-state index contributed by atoms with van der Waals surface area (Å²) in [4.78, 5) is 4.50. The standard InChI is InChI=1S/C16H23N3O2/c1-5-17-13(11(2)3)10-15-18-16(19-21-15)12-8-6-7-9-14(12)20-4/h6-9,11,13,17H,5,10H2,1-4H3. The van der Waals surface area contributed by atoms with Gasteiger partial charge in [-0.05, 0) is 24.6 Å². The third kappa shape index (κ3) is 3.82. The van der Waals surface area contributed by atoms with Gasteiger partial charge in [-0.1, -0.05) is 38.1 Å². The molecule has 114 valence electrons. The molecule has 1 unspecified atom stereocenters. The lowest BCUT2D eigenvalue weighted by Crippen LogP contribution is -2.35. The van der Waals surface area contributed by atoms with Crippen LogP contribution in [0.4, 0.5) is 0 Å². The molecule has 1 aromatic heterocycles. The van der Waals surface area contributed by atoms with E-state index in [1.807, 2.05) is 24.3 Å². The van der Waals surface area contributed by atoms with Crippen LogP contribution in [-0.4, -0.2) is 29.8 Å². The Hall–Kier alpha value is -1.88. The molecule has 1 aromatic carbocycles. The van der Waals surface area contributed by atoms with Gasteiger partial charge in [-0.2, -0.15) is 4.98 Å². The van der Waals surface area contributed by atoms with E-state index in [0.29, 0.717) is 23.7 Å². The van der Waals surface area contributed by atoms with E-state index in [1.54, 1.807) is 7.11 Å². The van der Waals surface area contributed by atoms with Gasteiger partial charge >= 0.3 is 0 Å². The molecule has 0 fully saturated rings. The van der Waals surface area contributed by atoms with Crippen LogP contribution in [0.15, 0.2) is 28.8 Å². The fraction of sp³-hybridized carbons (Fsp3) is 0.500. The third-order valence-corrected chi connectivity index (χ3v) is 3.48. The number of para-hydroxylation sites is 1. The van der Waals surface area contributed by atoms with Crippen LogP contribution in [0.25, 0.3) is 11.4 Å². The largest absolute Gasteiger partial charge is 0.496 e. The Morgan fingerprint density at radius 1 is 1.29 bits per heavy atom. The van der Waals surface area contributed by atoms with Crippen LogP contribution in [0, 0.1) is 5.92 Å². The average Bonchev–Trinajstić information content (AvgIpc) is 2.95. The lowest BCUT2D eigenvalue weighted by molar-refractivity contribution is 0.329. The SMILES string of the molecule is CCNC(Cc1nc(-c2ccccc2OC)no1)C(C)C. The number of aromatic nitrogens is 2. The molecule has 5 heteroatoms. The van der Waals surface area contributed by atoms with Crippen molar-refractivity contribution in [3.05, 3.63) is 30.2 Å². The molecule has 0 aliphatic rings. The molecule has 1 atom stereocenters. The van der Waals surface area contributed by atoms with Crippen LogP contribution >= 0.6 is 0 Å². The Balaban J connectivity index is 2.17. The van der Waals surface area contributed by atoms with Crippen LogP contribution in [-0.2, 0) is 6.42 Å². The molecule has 1 N–H and O–H groups in total. The summed E-state index contributed by atoms with van der Waals surface area (Å²) in [5.74, 6) is 2.47. The van der Waals surface area contributed by atoms with E-state index in [1.165, 1.54) is 0 Å². The smallest absolute Gasteiger partial charge is 0.228 e. The molecule has 0 aliphatic heterocycles. The summed E-state index contributed by atoms with van der Waals surface area (Å²) in [6, 6.07) is 8.01. The van der Waals surface area contributed by atoms with Gasteiger partial charge in [0.2, 0.25) is 11.7 Å². The average molecular weight is 289 g/mol. The second-order valence-electron chi connectivity index (χ2n) is 5.32. The lowest BCUT2D eigenvalue weighted by Gasteiger charge is -2.19. The van der Waals surface area contributed by atoms with Crippen LogP contribution in [0.5, 0.6) is 5.75 Å². The Morgan fingerprint density at radius 2 is 2.05 bits per heavy atom. The van der Waals surface area contributed by atoms with Crippen molar-refractivity contribution in [3.8, 4) is 17.1 Å². The van der Waals surface area contributed by atoms with Crippen molar-refractivity contribution >= 4 is 0 Å². The molecule has 0 saturated heterocycles. The van der Waals surface area contributed by atoms with Crippen molar-refractivity contribution in [3.63, 3.8) is 0 Å². The van der Waals surface area contributed by atoms with Gasteiger partial charge in [0.15, 0.2) is 0 Å². The van der Waals surface area contributed by atoms with Crippen molar-refractivity contribution in [2.24, 2.45) is 5.92 Å². The number of nitrogens with zero attached hydrogens (tertiary/aromatic N) is 2. The zero-order chi connectivity index (χ0) is 15.2. The number of methoxy groups -OCH3 is 1. The highest BCUT2D eigenvalue weighted by atomic mass is 16.5. The summed E-state index contributed by atoms with van der Waals surface area (Å²) in [6.07, 6.45) is 0.730. The molecule has 0 radical (unpaired) electrons. The van der Waals surface area contributed by atoms with E-state index in [-0.39, 0.29) is 0 Å². The van der Waals surface area contributed by atoms with E-state index < -0.39 is 0 Å². The fourth-order valence-corrected chi connectivity index (χ4v) is 2.27. The van der Waals surface area contributed by atoms with E-state index in [0.717, 1.165) is 24.3 Å². The predicted molar refractivity (Wildman–Crippen MR) is 82.3 cm³/mol. The number of ether oxygens (including phenoxy) is 1. The topological polar surface area (TPSA) is 60.2 Å². The van der Waals surface area contributed by atoms with Crippen LogP contribution in [0.1, 0.15) is 26.7 Å². The van der Waals surface area contributed by atoms with Gasteiger partial charge in [-0.15, -0.1) is 0 Å². The van der Waals surface area contributed by atoms with Crippen molar-refractivity contribution in [2.45, 2.75) is 33.2 Å². The molecule has 0 amide bonds.